The largest absolute Gasteiger partial charge is 0.446 e. The van der Waals surface area contributed by atoms with Gasteiger partial charge in [-0.3, -0.25) is 0 Å². The maximum absolute atomic E-state index is 12.2. The molecular formula is C9H8F5NS. The smallest absolute Gasteiger partial charge is 0.319 e. The Labute approximate surface area is 92.8 Å². The SMILES string of the molecule is NC(c1cccc(SC(F)(F)F)c1)C(F)F. The molecule has 1 atom stereocenters. The fourth-order valence-corrected chi connectivity index (χ4v) is 1.67. The molecule has 2 N–H and O–H groups in total. The third kappa shape index (κ3) is 3.97. The Balaban J connectivity index is 2.87. The van der Waals surface area contributed by atoms with Crippen LogP contribution in [0.2, 0.25) is 0 Å². The molecule has 0 saturated carbocycles. The highest BCUT2D eigenvalue weighted by Crippen LogP contribution is 2.37. The first kappa shape index (κ1) is 13.2. The van der Waals surface area contributed by atoms with Gasteiger partial charge in [0.15, 0.2) is 0 Å². The van der Waals surface area contributed by atoms with Gasteiger partial charge in [0.1, 0.15) is 0 Å². The normalized spacial score (nSPS) is 14.2. The topological polar surface area (TPSA) is 26.0 Å². The van der Waals surface area contributed by atoms with Gasteiger partial charge in [-0.25, -0.2) is 8.78 Å². The molecule has 1 unspecified atom stereocenters. The van der Waals surface area contributed by atoms with E-state index in [9.17, 15) is 22.0 Å². The second-order valence-electron chi connectivity index (χ2n) is 2.98. The van der Waals surface area contributed by atoms with E-state index in [1.807, 2.05) is 0 Å². The number of benzene rings is 1. The van der Waals surface area contributed by atoms with Gasteiger partial charge in [0.05, 0.1) is 6.04 Å². The maximum Gasteiger partial charge on any atom is 0.446 e. The van der Waals surface area contributed by atoms with E-state index in [0.717, 1.165) is 6.07 Å². The van der Waals surface area contributed by atoms with Crippen molar-refractivity contribution in [1.82, 2.24) is 0 Å². The Morgan fingerprint density at radius 3 is 2.31 bits per heavy atom. The van der Waals surface area contributed by atoms with Gasteiger partial charge in [0.25, 0.3) is 6.43 Å². The van der Waals surface area contributed by atoms with E-state index in [1.54, 1.807) is 0 Å². The molecule has 1 rings (SSSR count). The lowest BCUT2D eigenvalue weighted by atomic mass is 10.1. The van der Waals surface area contributed by atoms with Crippen molar-refractivity contribution in [2.45, 2.75) is 22.9 Å². The molecule has 0 radical (unpaired) electrons. The van der Waals surface area contributed by atoms with Crippen molar-refractivity contribution in [3.05, 3.63) is 29.8 Å². The minimum Gasteiger partial charge on any atom is -0.319 e. The summed E-state index contributed by atoms with van der Waals surface area (Å²) in [4.78, 5) is -0.152. The van der Waals surface area contributed by atoms with Crippen molar-refractivity contribution in [1.29, 1.82) is 0 Å². The molecule has 0 aromatic heterocycles. The van der Waals surface area contributed by atoms with Gasteiger partial charge in [-0.05, 0) is 29.5 Å². The molecule has 1 aromatic rings. The van der Waals surface area contributed by atoms with Crippen LogP contribution >= 0.6 is 11.8 Å². The molecule has 0 aliphatic heterocycles. The van der Waals surface area contributed by atoms with Gasteiger partial charge < -0.3 is 5.73 Å². The fraction of sp³-hybridized carbons (Fsp3) is 0.333. The summed E-state index contributed by atoms with van der Waals surface area (Å²) in [5.41, 5.74) is 0.683. The number of hydrogen-bond acceptors (Lipinski definition) is 2. The number of alkyl halides is 5. The van der Waals surface area contributed by atoms with E-state index in [2.05, 4.69) is 0 Å². The molecular weight excluding hydrogens is 249 g/mol. The van der Waals surface area contributed by atoms with Crippen molar-refractivity contribution >= 4 is 11.8 Å². The van der Waals surface area contributed by atoms with Crippen molar-refractivity contribution < 1.29 is 22.0 Å². The predicted octanol–water partition coefficient (Wildman–Crippen LogP) is 3.56. The molecule has 0 fully saturated rings. The molecule has 90 valence electrons. The Hall–Kier alpha value is -0.820. The molecule has 0 bridgehead atoms. The lowest BCUT2D eigenvalue weighted by molar-refractivity contribution is -0.0328. The van der Waals surface area contributed by atoms with Crippen molar-refractivity contribution in [2.24, 2.45) is 5.73 Å². The zero-order chi connectivity index (χ0) is 12.3. The summed E-state index contributed by atoms with van der Waals surface area (Å²) in [6.45, 7) is 0. The van der Waals surface area contributed by atoms with Gasteiger partial charge >= 0.3 is 5.51 Å². The zero-order valence-corrected chi connectivity index (χ0v) is 8.66. The molecule has 0 spiro atoms. The molecule has 0 heterocycles. The second-order valence-corrected chi connectivity index (χ2v) is 4.12. The van der Waals surface area contributed by atoms with Gasteiger partial charge in [0, 0.05) is 4.90 Å². The number of hydrogen-bond donors (Lipinski definition) is 1. The molecule has 0 aliphatic carbocycles. The summed E-state index contributed by atoms with van der Waals surface area (Å²) in [5, 5.41) is 0. The fourth-order valence-electron chi connectivity index (χ4n) is 1.06. The summed E-state index contributed by atoms with van der Waals surface area (Å²) < 4.78 is 60.5. The van der Waals surface area contributed by atoms with Crippen molar-refractivity contribution in [2.75, 3.05) is 0 Å². The molecule has 0 aliphatic rings. The van der Waals surface area contributed by atoms with E-state index in [4.69, 9.17) is 5.73 Å². The lowest BCUT2D eigenvalue weighted by Crippen LogP contribution is -2.18. The van der Waals surface area contributed by atoms with Crippen LogP contribution in [0.15, 0.2) is 29.2 Å². The van der Waals surface area contributed by atoms with Gasteiger partial charge in [-0.1, -0.05) is 12.1 Å². The lowest BCUT2D eigenvalue weighted by Gasteiger charge is -2.12. The standard InChI is InChI=1S/C9H8F5NS/c10-8(11)7(15)5-2-1-3-6(4-5)16-9(12,13)14/h1-4,7-8H,15H2. The average molecular weight is 257 g/mol. The summed E-state index contributed by atoms with van der Waals surface area (Å²) in [5.74, 6) is 0. The zero-order valence-electron chi connectivity index (χ0n) is 7.84. The van der Waals surface area contributed by atoms with E-state index < -0.39 is 18.0 Å². The Bertz CT molecular complexity index is 352. The summed E-state index contributed by atoms with van der Waals surface area (Å²) in [6, 6.07) is 3.20. The van der Waals surface area contributed by atoms with Crippen LogP contribution in [0.25, 0.3) is 0 Å². The maximum atomic E-state index is 12.2. The molecule has 7 heteroatoms. The highest BCUT2D eigenvalue weighted by molar-refractivity contribution is 8.00. The monoisotopic (exact) mass is 257 g/mol. The van der Waals surface area contributed by atoms with Crippen LogP contribution in [0.1, 0.15) is 11.6 Å². The minimum atomic E-state index is -4.44. The van der Waals surface area contributed by atoms with Crippen LogP contribution < -0.4 is 5.73 Å². The second kappa shape index (κ2) is 5.01. The Kier molecular flexibility index (Phi) is 4.15. The van der Waals surface area contributed by atoms with Crippen LogP contribution in [0, 0.1) is 0 Å². The van der Waals surface area contributed by atoms with E-state index >= 15 is 0 Å². The van der Waals surface area contributed by atoms with Gasteiger partial charge in [-0.15, -0.1) is 0 Å². The van der Waals surface area contributed by atoms with Crippen LogP contribution in [0.3, 0.4) is 0 Å². The molecule has 1 aromatic carbocycles. The quantitative estimate of drug-likeness (QED) is 0.661. The van der Waals surface area contributed by atoms with Crippen molar-refractivity contribution in [3.8, 4) is 0 Å². The van der Waals surface area contributed by atoms with Crippen molar-refractivity contribution in [3.63, 3.8) is 0 Å². The Morgan fingerprint density at radius 1 is 1.19 bits per heavy atom. The number of nitrogens with two attached hydrogens (primary N) is 1. The minimum absolute atomic E-state index is 0.00995. The number of halogens is 5. The average Bonchev–Trinajstić information content (AvgIpc) is 2.14. The van der Waals surface area contributed by atoms with E-state index in [0.29, 0.717) is 0 Å². The first-order chi connectivity index (χ1) is 7.29. The molecule has 1 nitrogen and oxygen atoms in total. The van der Waals surface area contributed by atoms with Gasteiger partial charge in [-0.2, -0.15) is 13.2 Å². The third-order valence-corrected chi connectivity index (χ3v) is 2.47. The van der Waals surface area contributed by atoms with Crippen LogP contribution in [-0.2, 0) is 0 Å². The summed E-state index contributed by atoms with van der Waals surface area (Å²) >= 11 is -0.356. The highest BCUT2D eigenvalue weighted by Gasteiger charge is 2.29. The summed E-state index contributed by atoms with van der Waals surface area (Å²) in [7, 11) is 0. The van der Waals surface area contributed by atoms with Gasteiger partial charge in [0.2, 0.25) is 0 Å². The highest BCUT2D eigenvalue weighted by atomic mass is 32.2. The van der Waals surface area contributed by atoms with E-state index in [1.165, 1.54) is 18.2 Å². The summed E-state index contributed by atoms with van der Waals surface area (Å²) in [6.07, 6.45) is -2.80. The molecule has 0 saturated heterocycles. The van der Waals surface area contributed by atoms with Crippen LogP contribution in [-0.4, -0.2) is 11.9 Å². The van der Waals surface area contributed by atoms with E-state index in [-0.39, 0.29) is 22.2 Å². The first-order valence-corrected chi connectivity index (χ1v) is 5.00. The number of rotatable bonds is 3. The Morgan fingerprint density at radius 2 is 1.81 bits per heavy atom. The molecule has 0 amide bonds. The van der Waals surface area contributed by atoms with Crippen LogP contribution in [0.5, 0.6) is 0 Å². The third-order valence-electron chi connectivity index (χ3n) is 1.75. The predicted molar refractivity (Wildman–Crippen MR) is 51.3 cm³/mol. The van der Waals surface area contributed by atoms with Crippen LogP contribution in [0.4, 0.5) is 22.0 Å². The first-order valence-electron chi connectivity index (χ1n) is 4.19. The number of thioether (sulfide) groups is 1. The molecule has 16 heavy (non-hydrogen) atoms.